The summed E-state index contributed by atoms with van der Waals surface area (Å²) in [4.78, 5) is 27.3. The van der Waals surface area contributed by atoms with E-state index in [0.29, 0.717) is 27.6 Å². The van der Waals surface area contributed by atoms with Crippen molar-refractivity contribution >= 4 is 40.7 Å². The second-order valence-electron chi connectivity index (χ2n) is 7.42. The summed E-state index contributed by atoms with van der Waals surface area (Å²) in [7, 11) is 0. The molecule has 2 aliphatic heterocycles. The van der Waals surface area contributed by atoms with Gasteiger partial charge in [0.15, 0.2) is 5.78 Å². The van der Waals surface area contributed by atoms with Crippen molar-refractivity contribution < 1.29 is 9.59 Å². The van der Waals surface area contributed by atoms with Gasteiger partial charge in [-0.1, -0.05) is 96.2 Å². The van der Waals surface area contributed by atoms with E-state index in [1.165, 1.54) is 11.8 Å². The second kappa shape index (κ2) is 7.46. The number of benzene rings is 3. The smallest absolute Gasteiger partial charge is 0.246 e. The summed E-state index contributed by atoms with van der Waals surface area (Å²) in [6.07, 6.45) is 2.54. The molecule has 1 N–H and O–H groups in total. The highest BCUT2D eigenvalue weighted by atomic mass is 35.5. The number of ketones is 1. The van der Waals surface area contributed by atoms with E-state index < -0.39 is 4.75 Å². The molecule has 0 aliphatic carbocycles. The van der Waals surface area contributed by atoms with Gasteiger partial charge in [-0.05, 0) is 24.1 Å². The number of thioether (sulfide) groups is 1. The highest BCUT2D eigenvalue weighted by Gasteiger charge is 2.56. The molecule has 5 rings (SSSR count). The molecule has 3 aromatic carbocycles. The number of fused-ring (bicyclic) bond motifs is 2. The van der Waals surface area contributed by atoms with E-state index in [1.807, 2.05) is 72.8 Å². The van der Waals surface area contributed by atoms with E-state index >= 15 is 0 Å². The molecule has 0 radical (unpaired) electrons. The molecular weight excluding hydrogens is 414 g/mol. The first-order valence-electron chi connectivity index (χ1n) is 9.75. The van der Waals surface area contributed by atoms with Crippen molar-refractivity contribution in [2.24, 2.45) is 0 Å². The van der Waals surface area contributed by atoms with Crippen LogP contribution in [0.1, 0.15) is 33.8 Å². The van der Waals surface area contributed by atoms with E-state index in [9.17, 15) is 9.59 Å². The van der Waals surface area contributed by atoms with E-state index in [0.717, 1.165) is 11.1 Å². The van der Waals surface area contributed by atoms with Crippen LogP contribution in [0, 0.1) is 0 Å². The van der Waals surface area contributed by atoms with Crippen molar-refractivity contribution in [3.05, 3.63) is 112 Å². The monoisotopic (exact) mass is 431 g/mol. The number of Topliss-reactive ketones (excluding diaryl/α,β-unsaturated/α-hetero) is 1. The Bertz CT molecular complexity index is 1180. The number of carbonyl (C=O) groups is 2. The molecule has 2 heterocycles. The molecule has 1 spiro atoms. The maximum Gasteiger partial charge on any atom is 0.246 e. The molecule has 30 heavy (non-hydrogen) atoms. The summed E-state index contributed by atoms with van der Waals surface area (Å²) in [5.74, 6) is -0.340. The van der Waals surface area contributed by atoms with Crippen molar-refractivity contribution in [2.45, 2.75) is 17.1 Å². The van der Waals surface area contributed by atoms with Crippen LogP contribution in [0.2, 0.25) is 5.02 Å². The summed E-state index contributed by atoms with van der Waals surface area (Å²) in [5.41, 5.74) is 3.15. The molecule has 0 fully saturated rings. The Kier molecular flexibility index (Phi) is 4.76. The van der Waals surface area contributed by atoms with Gasteiger partial charge in [-0.3, -0.25) is 9.59 Å². The van der Waals surface area contributed by atoms with Gasteiger partial charge in [0.05, 0.1) is 4.91 Å². The summed E-state index contributed by atoms with van der Waals surface area (Å²) in [6.45, 7) is 0. The van der Waals surface area contributed by atoms with Crippen molar-refractivity contribution in [2.75, 3.05) is 5.32 Å². The molecule has 0 saturated carbocycles. The van der Waals surface area contributed by atoms with Gasteiger partial charge in [-0.2, -0.15) is 0 Å². The third-order valence-corrected chi connectivity index (χ3v) is 7.62. The maximum absolute atomic E-state index is 13.5. The first-order valence-corrected chi connectivity index (χ1v) is 10.9. The normalized spacial score (nSPS) is 22.4. The second-order valence-corrected chi connectivity index (χ2v) is 9.11. The van der Waals surface area contributed by atoms with Gasteiger partial charge < -0.3 is 5.32 Å². The van der Waals surface area contributed by atoms with Crippen molar-refractivity contribution in [1.82, 2.24) is 0 Å². The van der Waals surface area contributed by atoms with Gasteiger partial charge in [0, 0.05) is 27.8 Å². The number of hydrogen-bond acceptors (Lipinski definition) is 3. The maximum atomic E-state index is 13.5. The van der Waals surface area contributed by atoms with Crippen LogP contribution in [-0.2, 0) is 9.54 Å². The van der Waals surface area contributed by atoms with Crippen LogP contribution in [0.5, 0.6) is 0 Å². The SMILES string of the molecule is O=C(C1=CC[C@@H](c2ccccc2)[C@@]2(S1)C(=O)Nc1cccc(Cl)c12)c1ccccc1. The molecule has 3 nitrogen and oxygen atoms in total. The summed E-state index contributed by atoms with van der Waals surface area (Å²) < 4.78 is -0.996. The lowest BCUT2D eigenvalue weighted by atomic mass is 9.78. The van der Waals surface area contributed by atoms with Crippen LogP contribution < -0.4 is 5.32 Å². The quantitative estimate of drug-likeness (QED) is 0.504. The van der Waals surface area contributed by atoms with Crippen LogP contribution >= 0.6 is 23.4 Å². The molecule has 2 atom stereocenters. The number of nitrogens with one attached hydrogen (secondary N) is 1. The lowest BCUT2D eigenvalue weighted by Crippen LogP contribution is -2.40. The van der Waals surface area contributed by atoms with Crippen LogP contribution in [0.4, 0.5) is 5.69 Å². The highest BCUT2D eigenvalue weighted by Crippen LogP contribution is 2.61. The zero-order valence-electron chi connectivity index (χ0n) is 16.0. The number of anilines is 1. The number of hydrogen-bond donors (Lipinski definition) is 1. The Hall–Kier alpha value is -2.82. The molecule has 5 heteroatoms. The van der Waals surface area contributed by atoms with E-state index in [4.69, 9.17) is 11.6 Å². The average molecular weight is 432 g/mol. The van der Waals surface area contributed by atoms with Gasteiger partial charge in [-0.25, -0.2) is 0 Å². The average Bonchev–Trinajstić information content (AvgIpc) is 3.06. The predicted octanol–water partition coefficient (Wildman–Crippen LogP) is 6.17. The first-order chi connectivity index (χ1) is 14.6. The number of halogens is 1. The summed E-state index contributed by atoms with van der Waals surface area (Å²) >= 11 is 7.97. The lowest BCUT2D eigenvalue weighted by Gasteiger charge is -2.39. The van der Waals surface area contributed by atoms with Gasteiger partial charge in [0.25, 0.3) is 0 Å². The minimum Gasteiger partial charge on any atom is -0.324 e. The van der Waals surface area contributed by atoms with Crippen LogP contribution in [0.3, 0.4) is 0 Å². The highest BCUT2D eigenvalue weighted by molar-refractivity contribution is 8.05. The molecule has 0 unspecified atom stereocenters. The van der Waals surface area contributed by atoms with Crippen molar-refractivity contribution in [3.63, 3.8) is 0 Å². The molecule has 1 amide bonds. The topological polar surface area (TPSA) is 46.2 Å². The molecule has 0 bridgehead atoms. The van der Waals surface area contributed by atoms with Crippen LogP contribution in [0.25, 0.3) is 0 Å². The van der Waals surface area contributed by atoms with Gasteiger partial charge in [-0.15, -0.1) is 0 Å². The Labute approximate surface area is 184 Å². The summed E-state index contributed by atoms with van der Waals surface area (Å²) in [6, 6.07) is 24.7. The van der Waals surface area contributed by atoms with Gasteiger partial charge in [0.2, 0.25) is 5.91 Å². The fraction of sp³-hybridized carbons (Fsp3) is 0.120. The standard InChI is InChI=1S/C25H18ClNO2S/c26-19-12-7-13-20-22(19)25(24(29)27-20)18(16-8-3-1-4-9-16)14-15-21(30-25)23(28)17-10-5-2-6-11-17/h1-13,15,18H,14H2,(H,27,29)/t18-,25-/m0/s1. The molecule has 2 aliphatic rings. The summed E-state index contributed by atoms with van der Waals surface area (Å²) in [5, 5.41) is 3.55. The molecule has 148 valence electrons. The van der Waals surface area contributed by atoms with E-state index in [2.05, 4.69) is 5.32 Å². The molecular formula is C25H18ClNO2S. The Morgan fingerprint density at radius 1 is 0.967 bits per heavy atom. The Morgan fingerprint density at radius 2 is 1.67 bits per heavy atom. The third-order valence-electron chi connectivity index (χ3n) is 5.73. The number of carbonyl (C=O) groups excluding carboxylic acids is 2. The van der Waals surface area contributed by atoms with Crippen LogP contribution in [0.15, 0.2) is 89.8 Å². The third kappa shape index (κ3) is 2.91. The Balaban J connectivity index is 1.68. The number of rotatable bonds is 3. The largest absolute Gasteiger partial charge is 0.324 e. The number of amides is 1. The molecule has 0 saturated heterocycles. The fourth-order valence-corrected chi connectivity index (χ4v) is 6.33. The minimum absolute atomic E-state index is 0.0696. The zero-order chi connectivity index (χ0) is 20.7. The zero-order valence-corrected chi connectivity index (χ0v) is 17.5. The predicted molar refractivity (Wildman–Crippen MR) is 122 cm³/mol. The lowest BCUT2D eigenvalue weighted by molar-refractivity contribution is -0.118. The Morgan fingerprint density at radius 3 is 2.40 bits per heavy atom. The molecule has 3 aromatic rings. The van der Waals surface area contributed by atoms with Gasteiger partial charge in [0.1, 0.15) is 4.75 Å². The molecule has 0 aromatic heterocycles. The van der Waals surface area contributed by atoms with E-state index in [-0.39, 0.29) is 17.6 Å². The van der Waals surface area contributed by atoms with E-state index in [1.54, 1.807) is 12.1 Å². The minimum atomic E-state index is -0.996. The van der Waals surface area contributed by atoms with Crippen LogP contribution in [-0.4, -0.2) is 11.7 Å². The van der Waals surface area contributed by atoms with Gasteiger partial charge >= 0.3 is 0 Å². The van der Waals surface area contributed by atoms with Crippen molar-refractivity contribution in [1.29, 1.82) is 0 Å². The first kappa shape index (κ1) is 19.2. The van der Waals surface area contributed by atoms with Crippen molar-refractivity contribution in [3.8, 4) is 0 Å². The fourth-order valence-electron chi connectivity index (χ4n) is 4.37. The number of allylic oxidation sites excluding steroid dienone is 2.